The number of ether oxygens (including phenoxy) is 13. The first-order chi connectivity index (χ1) is 37.0. The van der Waals surface area contributed by atoms with Crippen molar-refractivity contribution in [1.29, 1.82) is 0 Å². The summed E-state index contributed by atoms with van der Waals surface area (Å²) in [6.45, 7) is -8.56. The third-order valence-electron chi connectivity index (χ3n) is 14.6. The Labute approximate surface area is 439 Å². The van der Waals surface area contributed by atoms with Crippen LogP contribution in [-0.4, -0.2) is 379 Å². The van der Waals surface area contributed by atoms with E-state index in [9.17, 15) is 117 Å². The first-order valence-electron chi connectivity index (χ1n) is 24.6. The predicted octanol–water partition coefficient (Wildman–Crippen LogP) is -16.3. The molecule has 36 heteroatoms. The molecule has 7 aliphatic heterocycles. The van der Waals surface area contributed by atoms with Crippen molar-refractivity contribution in [3.63, 3.8) is 0 Å². The molecule has 0 radical (unpaired) electrons. The lowest BCUT2D eigenvalue weighted by atomic mass is 9.95. The van der Waals surface area contributed by atoms with Crippen molar-refractivity contribution >= 4 is 0 Å². The summed E-state index contributed by atoms with van der Waals surface area (Å²) in [4.78, 5) is 0. The summed E-state index contributed by atoms with van der Waals surface area (Å²) in [5.41, 5.74) is 0. The summed E-state index contributed by atoms with van der Waals surface area (Å²) in [5, 5.41) is 246. The second kappa shape index (κ2) is 27.1. The van der Waals surface area contributed by atoms with Crippen LogP contribution < -0.4 is 0 Å². The average molecular weight is 1150 g/mol. The van der Waals surface area contributed by atoms with E-state index >= 15 is 0 Å². The van der Waals surface area contributed by atoms with Gasteiger partial charge in [0.1, 0.15) is 171 Å². The zero-order valence-corrected chi connectivity index (χ0v) is 40.8. The second-order valence-electron chi connectivity index (χ2n) is 19.6. The molecule has 7 heterocycles. The van der Waals surface area contributed by atoms with Crippen LogP contribution in [0.15, 0.2) is 0 Å². The SMILES string of the molecule is OC[C@H]1O[C@@](CO)(O[C@H]2O[C@H](CO)[C@@H](O)[C@H](O)[C@H]2O[C@H]2O[C@H](CO)[C@@H](O)[C@H](O)[C@H]2O[C@H]2O[C@H](CO)[C@@H](O)[C@H](O)[C@H]2O[C@H]2O[C@H](CO)[C@@H](O)[C@H](O)[C@H]2O[C@H]2O[C@H](CO)[C@@H](O)[C@H](O)[C@H]2O[C@H]2O[C@H](CO)[C@@H](O)[C@H](O)[C@H]2O)[C@@H](O)[C@@H]1O. The lowest BCUT2D eigenvalue weighted by molar-refractivity contribution is -0.425. The van der Waals surface area contributed by atoms with E-state index in [0.29, 0.717) is 0 Å². The van der Waals surface area contributed by atoms with Crippen molar-refractivity contribution in [2.24, 2.45) is 0 Å². The lowest BCUT2D eigenvalue weighted by Crippen LogP contribution is -2.69. The van der Waals surface area contributed by atoms with Crippen LogP contribution in [0.4, 0.5) is 0 Å². The molecular weight excluding hydrogens is 1080 g/mol. The van der Waals surface area contributed by atoms with Gasteiger partial charge in [0.05, 0.1) is 46.2 Å². The van der Waals surface area contributed by atoms with Gasteiger partial charge in [-0.25, -0.2) is 0 Å². The van der Waals surface area contributed by atoms with Crippen LogP contribution in [-0.2, 0) is 61.6 Å². The molecule has 0 spiro atoms. The van der Waals surface area contributed by atoms with Gasteiger partial charge >= 0.3 is 0 Å². The van der Waals surface area contributed by atoms with Crippen LogP contribution in [0.25, 0.3) is 0 Å². The van der Waals surface area contributed by atoms with Crippen molar-refractivity contribution in [2.45, 2.75) is 208 Å². The highest BCUT2D eigenvalue weighted by molar-refractivity contribution is 5.02. The van der Waals surface area contributed by atoms with Crippen LogP contribution in [0, 0.1) is 0 Å². The summed E-state index contributed by atoms with van der Waals surface area (Å²) in [6.07, 6.45) is -68.9. The Morgan fingerprint density at radius 1 is 0.256 bits per heavy atom. The minimum atomic E-state index is -2.70. The molecule has 0 unspecified atom stereocenters. The van der Waals surface area contributed by atoms with E-state index in [-0.39, 0.29) is 0 Å². The minimum Gasteiger partial charge on any atom is -0.394 e. The van der Waals surface area contributed by atoms with Gasteiger partial charge in [-0.15, -0.1) is 0 Å². The maximum absolute atomic E-state index is 11.7. The van der Waals surface area contributed by atoms with Crippen molar-refractivity contribution in [3.8, 4) is 0 Å². The molecule has 0 aliphatic carbocycles. The van der Waals surface area contributed by atoms with Gasteiger partial charge in [0, 0.05) is 0 Å². The molecule has 0 amide bonds. The zero-order valence-electron chi connectivity index (χ0n) is 40.8. The first kappa shape index (κ1) is 64.1. The van der Waals surface area contributed by atoms with Gasteiger partial charge in [0.2, 0.25) is 5.79 Å². The number of rotatable bonds is 20. The van der Waals surface area contributed by atoms with Gasteiger partial charge in [-0.2, -0.15) is 0 Å². The summed E-state index contributed by atoms with van der Waals surface area (Å²) >= 11 is 0. The molecule has 0 bridgehead atoms. The maximum atomic E-state index is 11.7. The minimum absolute atomic E-state index is 0.936. The molecule has 7 saturated heterocycles. The highest BCUT2D eigenvalue weighted by atomic mass is 16.8. The van der Waals surface area contributed by atoms with Gasteiger partial charge in [-0.3, -0.25) is 0 Å². The lowest BCUT2D eigenvalue weighted by Gasteiger charge is -2.51. The Kier molecular flexibility index (Phi) is 22.3. The molecule has 7 fully saturated rings. The van der Waals surface area contributed by atoms with Crippen LogP contribution in [0.2, 0.25) is 0 Å². The predicted molar refractivity (Wildman–Crippen MR) is 232 cm³/mol. The van der Waals surface area contributed by atoms with Gasteiger partial charge in [0.15, 0.2) is 37.7 Å². The Morgan fingerprint density at radius 2 is 0.500 bits per heavy atom. The number of aliphatic hydroxyl groups excluding tert-OH is 23. The molecule has 36 nitrogen and oxygen atoms in total. The molecule has 23 N–H and O–H groups in total. The zero-order chi connectivity index (χ0) is 57.4. The van der Waals surface area contributed by atoms with Crippen molar-refractivity contribution in [3.05, 3.63) is 0 Å². The Bertz CT molecular complexity index is 1830. The van der Waals surface area contributed by atoms with E-state index in [1.807, 2.05) is 0 Å². The third-order valence-corrected chi connectivity index (χ3v) is 14.6. The summed E-state index contributed by atoms with van der Waals surface area (Å²) < 4.78 is 74.7. The van der Waals surface area contributed by atoms with E-state index in [1.165, 1.54) is 0 Å². The molecular formula is C42H72O36. The van der Waals surface area contributed by atoms with Gasteiger partial charge < -0.3 is 179 Å². The fourth-order valence-corrected chi connectivity index (χ4v) is 9.96. The average Bonchev–Trinajstić information content (AvgIpc) is 3.72. The summed E-state index contributed by atoms with van der Waals surface area (Å²) in [5.74, 6) is -2.70. The standard InChI is InChI=1S/C42H72O36/c43-1-9-16(51)23(58)29(64)36(66-9)72-30-24(59)17(52)10(2-44)67-37(30)73-31-25(60)18(53)11(3-45)68-38(31)74-32-26(61)19(54)12(4-46)69-39(32)75-33-27(62)20(55)13(5-47)70-40(33)76-34-28(63)21(56)14(6-48)71-41(34)78-42(8-50)35(65)22(57)15(7-49)77-42/h9-41,43-65H,1-8H2/t9-,10-,11-,12-,13-,14-,15-,16-,17-,18-,19-,20-,21-,22-,23+,24+,25+,26+,27+,28+,29-,30-,31-,32-,33-,34-,35+,36-,37-,38-,39-,40-,41-,42+/m1/s1. The fourth-order valence-electron chi connectivity index (χ4n) is 9.96. The normalized spacial score (nSPS) is 53.3. The van der Waals surface area contributed by atoms with Crippen molar-refractivity contribution in [1.82, 2.24) is 0 Å². The Hall–Kier alpha value is -1.44. The molecule has 0 aromatic rings. The van der Waals surface area contributed by atoms with Gasteiger partial charge in [-0.05, 0) is 0 Å². The maximum Gasteiger partial charge on any atom is 0.224 e. The Morgan fingerprint density at radius 3 is 0.769 bits per heavy atom. The molecule has 0 saturated carbocycles. The van der Waals surface area contributed by atoms with Crippen molar-refractivity contribution < 1.29 is 179 Å². The molecule has 78 heavy (non-hydrogen) atoms. The summed E-state index contributed by atoms with van der Waals surface area (Å²) in [6, 6.07) is 0. The van der Waals surface area contributed by atoms with E-state index in [0.717, 1.165) is 0 Å². The highest BCUT2D eigenvalue weighted by Gasteiger charge is 2.62. The molecule has 0 aromatic carbocycles. The number of hydrogen-bond acceptors (Lipinski definition) is 36. The highest BCUT2D eigenvalue weighted by Crippen LogP contribution is 2.40. The number of hydrogen-bond donors (Lipinski definition) is 23. The monoisotopic (exact) mass is 1150 g/mol. The number of aliphatic hydroxyl groups is 23. The van der Waals surface area contributed by atoms with Crippen molar-refractivity contribution in [2.75, 3.05) is 52.9 Å². The van der Waals surface area contributed by atoms with Crippen LogP contribution in [0.1, 0.15) is 0 Å². The van der Waals surface area contributed by atoms with Crippen LogP contribution in [0.3, 0.4) is 0 Å². The van der Waals surface area contributed by atoms with Crippen LogP contribution >= 0.6 is 0 Å². The molecule has 0 aromatic heterocycles. The third kappa shape index (κ3) is 12.5. The largest absolute Gasteiger partial charge is 0.394 e. The van der Waals surface area contributed by atoms with E-state index < -0.39 is 261 Å². The molecule has 7 rings (SSSR count). The second-order valence-corrected chi connectivity index (χ2v) is 19.6. The van der Waals surface area contributed by atoms with Gasteiger partial charge in [0.25, 0.3) is 0 Å². The topological polar surface area (TPSA) is 585 Å². The first-order valence-corrected chi connectivity index (χ1v) is 24.6. The molecule has 7 aliphatic rings. The van der Waals surface area contributed by atoms with Crippen LogP contribution in [0.5, 0.6) is 0 Å². The quantitative estimate of drug-likeness (QED) is 0.0538. The van der Waals surface area contributed by atoms with E-state index in [2.05, 4.69) is 0 Å². The Balaban J connectivity index is 1.21. The van der Waals surface area contributed by atoms with E-state index in [4.69, 9.17) is 61.6 Å². The van der Waals surface area contributed by atoms with E-state index in [1.54, 1.807) is 0 Å². The molecule has 34 atom stereocenters. The smallest absolute Gasteiger partial charge is 0.224 e. The molecule has 456 valence electrons. The summed E-state index contributed by atoms with van der Waals surface area (Å²) in [7, 11) is 0. The fraction of sp³-hybridized carbons (Fsp3) is 1.00. The van der Waals surface area contributed by atoms with Gasteiger partial charge in [-0.1, -0.05) is 0 Å².